The third-order valence-corrected chi connectivity index (χ3v) is 1.46. The highest BCUT2D eigenvalue weighted by Crippen LogP contribution is 2.02. The highest BCUT2D eigenvalue weighted by atomic mass is 35.7. The minimum Gasteiger partial charge on any atom is -0.295 e. The van der Waals surface area contributed by atoms with Crippen LogP contribution in [0.5, 0.6) is 0 Å². The molecule has 0 atom stereocenters. The number of carbonyl (C=O) groups excluding carboxylic acids is 1. The largest absolute Gasteiger partial charge is 0.353 e. The molecule has 15 heavy (non-hydrogen) atoms. The molecule has 1 aromatic rings. The molecule has 0 aromatic heterocycles. The van der Waals surface area contributed by atoms with E-state index in [-0.39, 0.29) is 5.78 Å². The van der Waals surface area contributed by atoms with Crippen molar-refractivity contribution < 1.29 is 17.8 Å². The summed E-state index contributed by atoms with van der Waals surface area (Å²) in [6, 6.07) is 7.57. The Morgan fingerprint density at radius 2 is 1.60 bits per heavy atom. The van der Waals surface area contributed by atoms with Crippen LogP contribution in [0.2, 0.25) is 0 Å². The lowest BCUT2D eigenvalue weighted by molar-refractivity contribution is 0.101. The summed E-state index contributed by atoms with van der Waals surface area (Å²) in [5, 5.41) is 0. The van der Waals surface area contributed by atoms with Crippen molar-refractivity contribution in [3.8, 4) is 0 Å². The van der Waals surface area contributed by atoms with Crippen molar-refractivity contribution in [3.63, 3.8) is 0 Å². The molecule has 1 rings (SSSR count). The molecule has 0 bridgehead atoms. The van der Waals surface area contributed by atoms with E-state index >= 15 is 0 Å². The molecule has 84 valence electrons. The highest BCUT2D eigenvalue weighted by molar-refractivity contribution is 8.09. The first-order valence-corrected chi connectivity index (χ1v) is 6.21. The van der Waals surface area contributed by atoms with Crippen LogP contribution in [0.4, 0.5) is 0 Å². The van der Waals surface area contributed by atoms with Gasteiger partial charge in [-0.05, 0) is 13.8 Å². The summed E-state index contributed by atoms with van der Waals surface area (Å²) >= 11 is 0. The zero-order valence-corrected chi connectivity index (χ0v) is 9.84. The van der Waals surface area contributed by atoms with Gasteiger partial charge in [0.2, 0.25) is 0 Å². The number of halogens is 1. The van der Waals surface area contributed by atoms with Gasteiger partial charge < -0.3 is 0 Å². The van der Waals surface area contributed by atoms with Gasteiger partial charge >= 0.3 is 9.33 Å². The van der Waals surface area contributed by atoms with E-state index in [1.807, 2.05) is 31.2 Å². The van der Waals surface area contributed by atoms with Gasteiger partial charge in [0.15, 0.2) is 5.78 Å². The Balaban J connectivity index is 0.000000336. The fraction of sp³-hybridized carbons (Fsp3) is 0.222. The first kappa shape index (κ1) is 14.1. The van der Waals surface area contributed by atoms with E-state index in [0.29, 0.717) is 0 Å². The highest BCUT2D eigenvalue weighted by Gasteiger charge is 1.95. The van der Waals surface area contributed by atoms with Crippen LogP contribution in [0.1, 0.15) is 22.8 Å². The van der Waals surface area contributed by atoms with E-state index in [2.05, 4.69) is 10.7 Å². The van der Waals surface area contributed by atoms with Gasteiger partial charge in [-0.2, -0.15) is 8.42 Å². The number of Topliss-reactive ketones (excluding diaryl/α,β-unsaturated/α-hetero) is 1. The van der Waals surface area contributed by atoms with E-state index in [9.17, 15) is 4.79 Å². The van der Waals surface area contributed by atoms with Gasteiger partial charge in [-0.3, -0.25) is 9.35 Å². The first-order valence-electron chi connectivity index (χ1n) is 3.95. The normalized spacial score (nSPS) is 10.1. The third kappa shape index (κ3) is 9.40. The van der Waals surface area contributed by atoms with Gasteiger partial charge in [0, 0.05) is 16.2 Å². The lowest BCUT2D eigenvalue weighted by Gasteiger charge is -1.93. The van der Waals surface area contributed by atoms with Gasteiger partial charge in [0.1, 0.15) is 0 Å². The summed E-state index contributed by atoms with van der Waals surface area (Å²) in [6.07, 6.45) is 0. The van der Waals surface area contributed by atoms with E-state index in [0.717, 1.165) is 5.56 Å². The maximum Gasteiger partial charge on any atom is 0.353 e. The SMILES string of the molecule is CC(=O)c1ccc(C)cc1.O=S(=O)(O)Cl. The van der Waals surface area contributed by atoms with Crippen molar-refractivity contribution in [1.29, 1.82) is 0 Å². The monoisotopic (exact) mass is 250 g/mol. The first-order chi connectivity index (χ1) is 6.70. The Morgan fingerprint density at radius 1 is 1.27 bits per heavy atom. The summed E-state index contributed by atoms with van der Waals surface area (Å²) in [5.74, 6) is 0.125. The summed E-state index contributed by atoms with van der Waals surface area (Å²) < 4.78 is 25.2. The molecule has 0 aliphatic heterocycles. The smallest absolute Gasteiger partial charge is 0.295 e. The molecule has 0 heterocycles. The predicted molar refractivity (Wildman–Crippen MR) is 58.6 cm³/mol. The Morgan fingerprint density at radius 3 is 1.87 bits per heavy atom. The maximum atomic E-state index is 10.8. The average Bonchev–Trinajstić information content (AvgIpc) is 2.01. The number of hydrogen-bond acceptors (Lipinski definition) is 3. The van der Waals surface area contributed by atoms with Gasteiger partial charge in [-0.25, -0.2) is 0 Å². The third-order valence-electron chi connectivity index (χ3n) is 1.46. The topological polar surface area (TPSA) is 71.4 Å². The van der Waals surface area contributed by atoms with E-state index in [4.69, 9.17) is 13.0 Å². The summed E-state index contributed by atoms with van der Waals surface area (Å²) in [4.78, 5) is 10.8. The Labute approximate surface area is 93.1 Å². The van der Waals surface area contributed by atoms with E-state index < -0.39 is 9.33 Å². The second kappa shape index (κ2) is 5.85. The number of ketones is 1. The van der Waals surface area contributed by atoms with Crippen molar-refractivity contribution in [2.45, 2.75) is 13.8 Å². The molecule has 0 saturated carbocycles. The fourth-order valence-electron chi connectivity index (χ4n) is 0.788. The number of carbonyl (C=O) groups is 1. The number of aryl methyl sites for hydroxylation is 1. The number of hydrogen-bond donors (Lipinski definition) is 1. The van der Waals surface area contributed by atoms with Crippen molar-refractivity contribution in [2.24, 2.45) is 0 Å². The van der Waals surface area contributed by atoms with Gasteiger partial charge in [-0.15, -0.1) is 0 Å². The summed E-state index contributed by atoms with van der Waals surface area (Å²) in [5.41, 5.74) is 1.97. The minimum absolute atomic E-state index is 0.125. The van der Waals surface area contributed by atoms with Gasteiger partial charge in [-0.1, -0.05) is 29.8 Å². The van der Waals surface area contributed by atoms with Crippen LogP contribution in [0.25, 0.3) is 0 Å². The lowest BCUT2D eigenvalue weighted by Crippen LogP contribution is -1.90. The molecule has 6 heteroatoms. The summed E-state index contributed by atoms with van der Waals surface area (Å²) in [6.45, 7) is 3.58. The quantitative estimate of drug-likeness (QED) is 0.471. The zero-order valence-electron chi connectivity index (χ0n) is 8.27. The molecule has 0 aliphatic carbocycles. The minimum atomic E-state index is -4.19. The second-order valence-electron chi connectivity index (χ2n) is 2.83. The van der Waals surface area contributed by atoms with Crippen LogP contribution >= 0.6 is 10.7 Å². The Kier molecular flexibility index (Phi) is 5.49. The van der Waals surface area contributed by atoms with Crippen LogP contribution in [-0.2, 0) is 9.33 Å². The van der Waals surface area contributed by atoms with Crippen molar-refractivity contribution >= 4 is 25.8 Å². The molecule has 4 nitrogen and oxygen atoms in total. The van der Waals surface area contributed by atoms with Crippen LogP contribution in [0.3, 0.4) is 0 Å². The molecule has 0 aliphatic rings. The van der Waals surface area contributed by atoms with Crippen molar-refractivity contribution in [2.75, 3.05) is 0 Å². The number of benzene rings is 1. The Bertz CT molecular complexity index is 414. The molecule has 0 amide bonds. The van der Waals surface area contributed by atoms with Crippen LogP contribution in [-0.4, -0.2) is 18.8 Å². The van der Waals surface area contributed by atoms with E-state index in [1.165, 1.54) is 5.56 Å². The molecular formula is C9H11ClO4S. The molecule has 0 fully saturated rings. The Hall–Kier alpha value is -0.910. The van der Waals surface area contributed by atoms with Crippen molar-refractivity contribution in [1.82, 2.24) is 0 Å². The van der Waals surface area contributed by atoms with Crippen LogP contribution in [0, 0.1) is 6.92 Å². The van der Waals surface area contributed by atoms with E-state index in [1.54, 1.807) is 6.92 Å². The molecule has 0 radical (unpaired) electrons. The zero-order chi connectivity index (χ0) is 12.1. The van der Waals surface area contributed by atoms with Crippen molar-refractivity contribution in [3.05, 3.63) is 35.4 Å². The van der Waals surface area contributed by atoms with Crippen LogP contribution < -0.4 is 0 Å². The molecule has 0 unspecified atom stereocenters. The molecule has 0 saturated heterocycles. The standard InChI is InChI=1S/C9H10O.ClHO3S/c1-7-3-5-9(6-4-7)8(2)10;1-5(2,3)4/h3-6H,1-2H3;(H,2,3,4). The summed E-state index contributed by atoms with van der Waals surface area (Å²) in [7, 11) is -0.137. The number of rotatable bonds is 1. The second-order valence-corrected chi connectivity index (χ2v) is 4.83. The molecule has 0 spiro atoms. The van der Waals surface area contributed by atoms with Gasteiger partial charge in [0.05, 0.1) is 0 Å². The van der Waals surface area contributed by atoms with Gasteiger partial charge in [0.25, 0.3) is 0 Å². The lowest BCUT2D eigenvalue weighted by atomic mass is 10.1. The molecular weight excluding hydrogens is 240 g/mol. The maximum absolute atomic E-state index is 10.8. The molecule has 1 aromatic carbocycles. The molecule has 1 N–H and O–H groups in total. The van der Waals surface area contributed by atoms with Crippen LogP contribution in [0.15, 0.2) is 24.3 Å². The predicted octanol–water partition coefficient (Wildman–Crippen LogP) is 2.23. The fourth-order valence-corrected chi connectivity index (χ4v) is 0.788. The average molecular weight is 251 g/mol.